The van der Waals surface area contributed by atoms with Gasteiger partial charge in [0.2, 0.25) is 0 Å². The molecule has 1 rings (SSSR count). The Balaban J connectivity index is 3.04. The van der Waals surface area contributed by atoms with E-state index in [1.165, 1.54) is 25.3 Å². The van der Waals surface area contributed by atoms with Crippen molar-refractivity contribution in [2.24, 2.45) is 0 Å². The van der Waals surface area contributed by atoms with Gasteiger partial charge in [0, 0.05) is 0 Å². The smallest absolute Gasteiger partial charge is 0.411 e. The van der Waals surface area contributed by atoms with Crippen molar-refractivity contribution < 1.29 is 19.2 Å². The number of nitrogens with one attached hydrogen (secondary N) is 1. The van der Waals surface area contributed by atoms with Crippen LogP contribution in [0.4, 0.5) is 16.2 Å². The van der Waals surface area contributed by atoms with Gasteiger partial charge in [-0.1, -0.05) is 0 Å². The molecule has 1 amide bonds. The van der Waals surface area contributed by atoms with Crippen LogP contribution in [0.2, 0.25) is 0 Å². The van der Waals surface area contributed by atoms with Crippen molar-refractivity contribution >= 4 is 17.5 Å². The van der Waals surface area contributed by atoms with Gasteiger partial charge >= 0.3 is 6.09 Å². The second-order valence-electron chi connectivity index (χ2n) is 2.99. The van der Waals surface area contributed by atoms with E-state index in [1.807, 2.05) is 0 Å². The maximum atomic E-state index is 11.0. The van der Waals surface area contributed by atoms with E-state index in [2.05, 4.69) is 10.1 Å². The van der Waals surface area contributed by atoms with Crippen molar-refractivity contribution in [3.63, 3.8) is 0 Å². The monoisotopic (exact) mass is 240 g/mol. The van der Waals surface area contributed by atoms with E-state index < -0.39 is 11.0 Å². The Hall–Kier alpha value is -2.31. The minimum absolute atomic E-state index is 0.0605. The van der Waals surface area contributed by atoms with Gasteiger partial charge in [-0.25, -0.2) is 4.79 Å². The van der Waals surface area contributed by atoms with Crippen LogP contribution in [-0.4, -0.2) is 24.7 Å². The number of benzene rings is 1. The number of amides is 1. The second-order valence-corrected chi connectivity index (χ2v) is 2.99. The minimum Gasteiger partial charge on any atom is -0.494 e. The molecule has 0 aromatic heterocycles. The molecule has 0 radical (unpaired) electrons. The first kappa shape index (κ1) is 12.8. The van der Waals surface area contributed by atoms with Gasteiger partial charge in [0.15, 0.2) is 0 Å². The van der Waals surface area contributed by atoms with E-state index in [-0.39, 0.29) is 11.4 Å². The number of nitrogens with zero attached hydrogens (tertiary/aromatic N) is 1. The zero-order chi connectivity index (χ0) is 12.8. The lowest BCUT2D eigenvalue weighted by Gasteiger charge is -2.07. The van der Waals surface area contributed by atoms with Crippen molar-refractivity contribution in [3.8, 4) is 5.75 Å². The van der Waals surface area contributed by atoms with Crippen molar-refractivity contribution in [1.29, 1.82) is 0 Å². The summed E-state index contributed by atoms with van der Waals surface area (Å²) in [7, 11) is 1.18. The number of hydrogen-bond acceptors (Lipinski definition) is 5. The molecule has 92 valence electrons. The lowest BCUT2D eigenvalue weighted by Crippen LogP contribution is -2.12. The van der Waals surface area contributed by atoms with Crippen LogP contribution >= 0.6 is 0 Å². The first-order chi connectivity index (χ1) is 8.08. The summed E-state index contributed by atoms with van der Waals surface area (Å²) in [5.74, 6) is 0.370. The fourth-order valence-corrected chi connectivity index (χ4v) is 1.19. The molecule has 1 aromatic rings. The minimum atomic E-state index is -0.766. The number of nitro benzene ring substituents is 1. The fourth-order valence-electron chi connectivity index (χ4n) is 1.19. The summed E-state index contributed by atoms with van der Waals surface area (Å²) in [6, 6.07) is 4.16. The van der Waals surface area contributed by atoms with E-state index in [0.717, 1.165) is 0 Å². The van der Waals surface area contributed by atoms with Crippen LogP contribution in [0.15, 0.2) is 18.2 Å². The number of rotatable bonds is 4. The Kier molecular flexibility index (Phi) is 4.27. The third-order valence-electron chi connectivity index (χ3n) is 1.90. The maximum Gasteiger partial charge on any atom is 0.411 e. The number of carbonyl (C=O) groups is 1. The topological polar surface area (TPSA) is 90.7 Å². The molecule has 17 heavy (non-hydrogen) atoms. The van der Waals surface area contributed by atoms with Crippen LogP contribution in [-0.2, 0) is 4.74 Å². The SMILES string of the molecule is CCOc1ccc(NC(=O)OC)c([N+](=O)[O-])c1. The second kappa shape index (κ2) is 5.69. The van der Waals surface area contributed by atoms with Crippen LogP contribution in [0.5, 0.6) is 5.75 Å². The van der Waals surface area contributed by atoms with Crippen LogP contribution in [0.1, 0.15) is 6.92 Å². The van der Waals surface area contributed by atoms with Gasteiger partial charge in [0.05, 0.1) is 24.7 Å². The molecule has 7 heteroatoms. The average molecular weight is 240 g/mol. The molecule has 0 saturated heterocycles. The molecule has 0 fully saturated rings. The van der Waals surface area contributed by atoms with E-state index in [9.17, 15) is 14.9 Å². The van der Waals surface area contributed by atoms with Gasteiger partial charge in [-0.3, -0.25) is 15.4 Å². The van der Waals surface area contributed by atoms with Crippen LogP contribution in [0, 0.1) is 10.1 Å². The maximum absolute atomic E-state index is 11.0. The van der Waals surface area contributed by atoms with Crippen LogP contribution < -0.4 is 10.1 Å². The molecule has 0 heterocycles. The third kappa shape index (κ3) is 3.33. The van der Waals surface area contributed by atoms with Crippen LogP contribution in [0.25, 0.3) is 0 Å². The van der Waals surface area contributed by atoms with E-state index >= 15 is 0 Å². The third-order valence-corrected chi connectivity index (χ3v) is 1.90. The molecule has 0 saturated carbocycles. The molecular weight excluding hydrogens is 228 g/mol. The van der Waals surface area contributed by atoms with Gasteiger partial charge in [-0.15, -0.1) is 0 Å². The molecular formula is C10H12N2O5. The normalized spacial score (nSPS) is 9.53. The Morgan fingerprint density at radius 2 is 2.24 bits per heavy atom. The first-order valence-electron chi connectivity index (χ1n) is 4.84. The number of hydrogen-bond donors (Lipinski definition) is 1. The number of carbonyl (C=O) groups excluding carboxylic acids is 1. The Morgan fingerprint density at radius 3 is 2.76 bits per heavy atom. The number of anilines is 1. The summed E-state index contributed by atoms with van der Waals surface area (Å²) in [5.41, 5.74) is -0.188. The highest BCUT2D eigenvalue weighted by molar-refractivity contribution is 5.88. The molecule has 0 bridgehead atoms. The summed E-state index contributed by atoms with van der Waals surface area (Å²) >= 11 is 0. The van der Waals surface area contributed by atoms with E-state index in [4.69, 9.17) is 4.74 Å². The van der Waals surface area contributed by atoms with Crippen molar-refractivity contribution in [2.75, 3.05) is 19.0 Å². The molecule has 0 spiro atoms. The fraction of sp³-hybridized carbons (Fsp3) is 0.300. The Morgan fingerprint density at radius 1 is 1.53 bits per heavy atom. The van der Waals surface area contributed by atoms with Crippen molar-refractivity contribution in [1.82, 2.24) is 0 Å². The summed E-state index contributed by atoms with van der Waals surface area (Å²) in [6.07, 6.45) is -0.766. The predicted octanol–water partition coefficient (Wildman–Crippen LogP) is 2.17. The van der Waals surface area contributed by atoms with Gasteiger partial charge in [0.1, 0.15) is 11.4 Å². The number of methoxy groups -OCH3 is 1. The van der Waals surface area contributed by atoms with E-state index in [0.29, 0.717) is 12.4 Å². The van der Waals surface area contributed by atoms with E-state index in [1.54, 1.807) is 6.92 Å². The highest BCUT2D eigenvalue weighted by atomic mass is 16.6. The molecule has 0 aliphatic rings. The molecule has 0 atom stereocenters. The lowest BCUT2D eigenvalue weighted by molar-refractivity contribution is -0.384. The molecule has 0 aliphatic carbocycles. The quantitative estimate of drug-likeness (QED) is 0.643. The zero-order valence-electron chi connectivity index (χ0n) is 9.43. The van der Waals surface area contributed by atoms with Gasteiger partial charge < -0.3 is 9.47 Å². The number of ether oxygens (including phenoxy) is 2. The zero-order valence-corrected chi connectivity index (χ0v) is 9.43. The highest BCUT2D eigenvalue weighted by Gasteiger charge is 2.17. The van der Waals surface area contributed by atoms with Gasteiger partial charge in [0.25, 0.3) is 5.69 Å². The first-order valence-corrected chi connectivity index (χ1v) is 4.84. The molecule has 7 nitrogen and oxygen atoms in total. The highest BCUT2D eigenvalue weighted by Crippen LogP contribution is 2.29. The summed E-state index contributed by atoms with van der Waals surface area (Å²) in [4.78, 5) is 21.2. The molecule has 1 N–H and O–H groups in total. The van der Waals surface area contributed by atoms with Gasteiger partial charge in [-0.05, 0) is 19.1 Å². The van der Waals surface area contributed by atoms with Gasteiger partial charge in [-0.2, -0.15) is 0 Å². The Bertz CT molecular complexity index is 433. The molecule has 0 unspecified atom stereocenters. The largest absolute Gasteiger partial charge is 0.494 e. The molecule has 1 aromatic carbocycles. The average Bonchev–Trinajstić information content (AvgIpc) is 2.31. The summed E-state index contributed by atoms with van der Waals surface area (Å²) in [6.45, 7) is 2.17. The lowest BCUT2D eigenvalue weighted by atomic mass is 10.2. The standard InChI is InChI=1S/C10H12N2O5/c1-3-17-7-4-5-8(11-10(13)16-2)9(6-7)12(14)15/h4-6H,3H2,1-2H3,(H,11,13). The van der Waals surface area contributed by atoms with Crippen molar-refractivity contribution in [2.45, 2.75) is 6.92 Å². The summed E-state index contributed by atoms with van der Waals surface area (Å²) < 4.78 is 9.50. The Labute approximate surface area is 97.5 Å². The number of nitro groups is 1. The van der Waals surface area contributed by atoms with Crippen molar-refractivity contribution in [3.05, 3.63) is 28.3 Å². The van der Waals surface area contributed by atoms with Crippen LogP contribution in [0.3, 0.4) is 0 Å². The summed E-state index contributed by atoms with van der Waals surface area (Å²) in [5, 5.41) is 13.1. The molecule has 0 aliphatic heterocycles. The predicted molar refractivity (Wildman–Crippen MR) is 60.3 cm³/mol.